The number of aromatic carboxylic acids is 1. The molecule has 21 heavy (non-hydrogen) atoms. The van der Waals surface area contributed by atoms with Gasteiger partial charge in [-0.1, -0.05) is 0 Å². The van der Waals surface area contributed by atoms with Gasteiger partial charge in [-0.3, -0.25) is 4.79 Å². The Balaban J connectivity index is 0.00000200. The molecule has 0 aromatic heterocycles. The Labute approximate surface area is 177 Å². The summed E-state index contributed by atoms with van der Waals surface area (Å²) in [5, 5.41) is 12.5. The molecule has 1 saturated carbocycles. The Morgan fingerprint density at radius 3 is 2.38 bits per heavy atom. The van der Waals surface area contributed by atoms with Crippen LogP contribution in [-0.2, 0) is 70.2 Å². The largest absolute Gasteiger partial charge is 0.505 e. The first-order valence-corrected chi connectivity index (χ1v) is 6.72. The van der Waals surface area contributed by atoms with Crippen LogP contribution in [0.4, 0.5) is 0 Å². The molecule has 0 saturated heterocycles. The van der Waals surface area contributed by atoms with Crippen molar-refractivity contribution in [2.24, 2.45) is 0 Å². The molecule has 0 spiro atoms. The van der Waals surface area contributed by atoms with Crippen LogP contribution in [0, 0.1) is 12.0 Å². The van der Waals surface area contributed by atoms with E-state index in [0.29, 0.717) is 17.3 Å². The summed E-state index contributed by atoms with van der Waals surface area (Å²) < 4.78 is 0. The summed E-state index contributed by atoms with van der Waals surface area (Å²) in [6, 6.07) is 6.57. The molecular weight excluding hydrogens is 439 g/mol. The van der Waals surface area contributed by atoms with Crippen LogP contribution in [0.2, 0.25) is 0 Å². The number of carboxylic acids is 1. The minimum atomic E-state index is -0.905. The summed E-state index contributed by atoms with van der Waals surface area (Å²) in [5.41, 5.74) is 1.32. The van der Waals surface area contributed by atoms with Gasteiger partial charge in [-0.2, -0.15) is 30.4 Å². The number of hydrogen-bond acceptors (Lipinski definition) is 2. The van der Waals surface area contributed by atoms with Crippen molar-refractivity contribution in [3.05, 3.63) is 41.3 Å². The minimum absolute atomic E-state index is 0. The van der Waals surface area contributed by atoms with Gasteiger partial charge in [0.1, 0.15) is 0 Å². The van der Waals surface area contributed by atoms with Crippen LogP contribution in [0.1, 0.15) is 41.6 Å². The van der Waals surface area contributed by atoms with E-state index in [4.69, 9.17) is 5.11 Å². The summed E-state index contributed by atoms with van der Waals surface area (Å²) in [6.07, 6.45) is 4.11. The number of rotatable bonds is 4. The van der Waals surface area contributed by atoms with Crippen molar-refractivity contribution in [1.29, 1.82) is 0 Å². The fourth-order valence-corrected chi connectivity index (χ4v) is 2.63. The second kappa shape index (κ2) is 10.4. The van der Waals surface area contributed by atoms with Crippen LogP contribution in [0.3, 0.4) is 0 Å². The zero-order valence-electron chi connectivity index (χ0n) is 11.6. The molecule has 2 rings (SSSR count). The Hall–Kier alpha value is 0.668. The maximum Gasteiger partial charge on any atom is 0.323 e. The Bertz CT molecular complexity index is 491. The number of carboxylic acid groups (broad SMARTS) is 1. The van der Waals surface area contributed by atoms with Gasteiger partial charge in [0.25, 0.3) is 0 Å². The van der Waals surface area contributed by atoms with Gasteiger partial charge in [-0.25, -0.2) is 10.8 Å². The molecule has 108 valence electrons. The average molecular weight is 455 g/mol. The van der Waals surface area contributed by atoms with Crippen molar-refractivity contribution >= 4 is 26.9 Å². The third-order valence-corrected chi connectivity index (χ3v) is 3.92. The number of nitrogens with one attached hydrogen (secondary N) is 1. The number of carbonyl (C=O) groups excluding carboxylic acids is 1. The maximum atomic E-state index is 11.1. The molecule has 2 N–H and O–H groups in total. The molecule has 7 heteroatoms. The summed E-state index contributed by atoms with van der Waals surface area (Å²) >= 11 is 0. The smallest absolute Gasteiger partial charge is 0.323 e. The van der Waals surface area contributed by atoms with Gasteiger partial charge in [-0.05, 0) is 5.30 Å². The summed E-state index contributed by atoms with van der Waals surface area (Å²) in [5.74, 6) is 0.349. The Morgan fingerprint density at radius 2 is 1.86 bits per heavy atom. The zero-order valence-corrected chi connectivity index (χ0v) is 18.5. The van der Waals surface area contributed by atoms with Crippen molar-refractivity contribution in [3.63, 3.8) is 0 Å². The Kier molecular flexibility index (Phi) is 10.8. The summed E-state index contributed by atoms with van der Waals surface area (Å²) in [6.45, 7) is 0. The van der Waals surface area contributed by atoms with E-state index in [9.17, 15) is 9.59 Å². The number of carbonyl (C=O) groups is 2. The van der Waals surface area contributed by atoms with Crippen molar-refractivity contribution in [1.82, 2.24) is 5.32 Å². The third kappa shape index (κ3) is 5.99. The second-order valence-electron chi connectivity index (χ2n) is 4.58. The Morgan fingerprint density at radius 1 is 1.24 bits per heavy atom. The fourth-order valence-electron chi connectivity index (χ4n) is 2.33. The van der Waals surface area contributed by atoms with Crippen molar-refractivity contribution in [2.45, 2.75) is 25.7 Å². The topological polar surface area (TPSA) is 66.4 Å². The third-order valence-electron chi connectivity index (χ3n) is 3.41. The molecule has 1 aromatic rings. The second-order valence-corrected chi connectivity index (χ2v) is 5.20. The minimum Gasteiger partial charge on any atom is -0.505 e. The molecule has 0 bridgehead atoms. The predicted molar refractivity (Wildman–Crippen MR) is 76.0 cm³/mol. The van der Waals surface area contributed by atoms with Crippen LogP contribution in [0.25, 0.3) is 0 Å². The molecule has 1 aromatic carbocycles. The quantitative estimate of drug-likeness (QED) is 0.413. The van der Waals surface area contributed by atoms with E-state index in [-0.39, 0.29) is 65.4 Å². The van der Waals surface area contributed by atoms with Gasteiger partial charge in [0.05, 0.1) is 0 Å². The molecule has 1 amide bonds. The van der Waals surface area contributed by atoms with Crippen LogP contribution in [0.5, 0.6) is 0 Å². The van der Waals surface area contributed by atoms with Crippen molar-refractivity contribution in [3.8, 4) is 0 Å². The predicted octanol–water partition coefficient (Wildman–Crippen LogP) is 1.65. The molecule has 1 fully saturated rings. The normalized spacial score (nSPS) is 14.6. The molecule has 0 heterocycles. The van der Waals surface area contributed by atoms with Gasteiger partial charge in [0.15, 0.2) is 6.41 Å². The van der Waals surface area contributed by atoms with Crippen LogP contribution < -0.4 is 10.6 Å². The molecule has 1 aliphatic rings. The first-order valence-electron chi connectivity index (χ1n) is 6.14. The number of benzene rings is 1. The van der Waals surface area contributed by atoms with Gasteiger partial charge >= 0.3 is 5.97 Å². The van der Waals surface area contributed by atoms with Gasteiger partial charge in [0, 0.05) is 71.0 Å². The summed E-state index contributed by atoms with van der Waals surface area (Å²) in [7, 11) is 2.44. The van der Waals surface area contributed by atoms with E-state index < -0.39 is 5.97 Å². The van der Waals surface area contributed by atoms with Crippen LogP contribution in [0.15, 0.2) is 18.2 Å². The van der Waals surface area contributed by atoms with E-state index in [0.717, 1.165) is 37.3 Å². The first-order chi connectivity index (χ1) is 9.11. The molecule has 1 aliphatic carbocycles. The van der Waals surface area contributed by atoms with Crippen molar-refractivity contribution in [2.75, 3.05) is 0 Å². The zero-order chi connectivity index (χ0) is 13.8. The fraction of sp³-hybridized carbons (Fsp3) is 0.286. The molecule has 1 atom stereocenters. The van der Waals surface area contributed by atoms with Crippen LogP contribution in [-0.4, -0.2) is 17.5 Å². The average Bonchev–Trinajstić information content (AvgIpc) is 2.40. The van der Waals surface area contributed by atoms with E-state index in [1.165, 1.54) is 5.92 Å². The SMILES string of the molecule is O=CN[C-]1CC[C-](c2ccc(P)c(C(=O)O)c2)CC1.[Y].[Y]. The molecule has 4 nitrogen and oxygen atoms in total. The maximum absolute atomic E-state index is 11.1. The molecule has 1 unspecified atom stereocenters. The van der Waals surface area contributed by atoms with E-state index in [2.05, 4.69) is 14.6 Å². The summed E-state index contributed by atoms with van der Waals surface area (Å²) in [4.78, 5) is 21.5. The van der Waals surface area contributed by atoms with Crippen LogP contribution >= 0.6 is 9.24 Å². The first kappa shape index (κ1) is 21.7. The van der Waals surface area contributed by atoms with Gasteiger partial charge in [-0.15, -0.1) is 34.2 Å². The van der Waals surface area contributed by atoms with E-state index >= 15 is 0 Å². The standard InChI is InChI=1S/C14H16NO3P.2Y/c16-8-15-11-4-1-9(2-5-11)10-3-6-13(19)12(7-10)14(17)18;;/h3,6-8H,1-2,4-5,19H2,(H,15,16)(H,17,18);;/q-2;;. The molecule has 2 radical (unpaired) electrons. The van der Waals surface area contributed by atoms with Crippen molar-refractivity contribution < 1.29 is 80.1 Å². The number of hydrogen-bond donors (Lipinski definition) is 2. The molecular formula is C14H16NO3PY2-2. The van der Waals surface area contributed by atoms with Gasteiger partial charge < -0.3 is 10.4 Å². The van der Waals surface area contributed by atoms with Gasteiger partial charge in [0.2, 0.25) is 0 Å². The monoisotopic (exact) mass is 455 g/mol. The molecule has 0 aliphatic heterocycles. The number of amides is 1. The van der Waals surface area contributed by atoms with E-state index in [1.807, 2.05) is 12.1 Å². The van der Waals surface area contributed by atoms with E-state index in [1.54, 1.807) is 6.07 Å².